The number of halogens is 1. The number of Topliss-reactive ketones (excluding diaryl/α,β-unsaturated/α-hetero) is 1. The fraction of sp³-hybridized carbons (Fsp3) is 0.636. The highest BCUT2D eigenvalue weighted by atomic mass is 32.2. The molecule has 0 aromatic carbocycles. The molecule has 3 saturated carbocycles. The minimum atomic E-state index is -1.31. The van der Waals surface area contributed by atoms with E-state index in [-0.39, 0.29) is 28.8 Å². The maximum Gasteiger partial charge on any atom is 0.192 e. The van der Waals surface area contributed by atoms with Crippen molar-refractivity contribution in [2.75, 3.05) is 5.75 Å². The zero-order chi connectivity index (χ0) is 18.9. The second-order valence-corrected chi connectivity index (χ2v) is 10.2. The van der Waals surface area contributed by atoms with Gasteiger partial charge in [0.2, 0.25) is 0 Å². The molecule has 0 N–H and O–H groups in total. The number of carbonyl (C=O) groups excluding carboxylic acids is 2. The lowest BCUT2D eigenvalue weighted by atomic mass is 9.48. The van der Waals surface area contributed by atoms with Crippen LogP contribution in [0.25, 0.3) is 0 Å². The van der Waals surface area contributed by atoms with Crippen LogP contribution in [0.2, 0.25) is 0 Å². The first-order valence-electron chi connectivity index (χ1n) is 9.71. The molecule has 6 atom stereocenters. The monoisotopic (exact) mass is 374 g/mol. The summed E-state index contributed by atoms with van der Waals surface area (Å²) < 4.78 is 14.3. The quantitative estimate of drug-likeness (QED) is 0.678. The van der Waals surface area contributed by atoms with Gasteiger partial charge in [0, 0.05) is 10.8 Å². The molecule has 4 heteroatoms. The summed E-state index contributed by atoms with van der Waals surface area (Å²) in [6.45, 7) is 10.5. The third kappa shape index (κ3) is 2.30. The van der Waals surface area contributed by atoms with Gasteiger partial charge < -0.3 is 0 Å². The van der Waals surface area contributed by atoms with Gasteiger partial charge in [-0.2, -0.15) is 0 Å². The summed E-state index contributed by atoms with van der Waals surface area (Å²) in [5, 5.41) is 0. The number of ketones is 2. The Balaban J connectivity index is 1.77. The van der Waals surface area contributed by atoms with Crippen LogP contribution in [-0.2, 0) is 9.59 Å². The summed E-state index contributed by atoms with van der Waals surface area (Å²) in [4.78, 5) is 25.8. The number of hydrogen-bond donors (Lipinski definition) is 0. The van der Waals surface area contributed by atoms with Gasteiger partial charge in [-0.05, 0) is 60.8 Å². The van der Waals surface area contributed by atoms with Crippen molar-refractivity contribution in [3.63, 3.8) is 0 Å². The summed E-state index contributed by atoms with van der Waals surface area (Å²) in [6, 6.07) is 0. The van der Waals surface area contributed by atoms with Gasteiger partial charge in [-0.1, -0.05) is 39.0 Å². The summed E-state index contributed by atoms with van der Waals surface area (Å²) in [5.74, 6) is 1.47. The van der Waals surface area contributed by atoms with E-state index in [1.54, 1.807) is 17.8 Å². The van der Waals surface area contributed by atoms with E-state index in [0.29, 0.717) is 12.3 Å². The van der Waals surface area contributed by atoms with Crippen LogP contribution >= 0.6 is 11.8 Å². The Morgan fingerprint density at radius 2 is 2.04 bits per heavy atom. The lowest BCUT2D eigenvalue weighted by molar-refractivity contribution is -0.134. The van der Waals surface area contributed by atoms with Gasteiger partial charge in [-0.15, -0.1) is 11.8 Å². The molecule has 0 bridgehead atoms. The predicted octanol–water partition coefficient (Wildman–Crippen LogP) is 5.06. The highest BCUT2D eigenvalue weighted by molar-refractivity contribution is 8.04. The maximum atomic E-state index is 14.3. The first kappa shape index (κ1) is 18.2. The molecule has 2 nitrogen and oxygen atoms in total. The molecule has 0 aromatic rings. The molecular formula is C22H27FO2S. The molecule has 26 heavy (non-hydrogen) atoms. The van der Waals surface area contributed by atoms with Crippen LogP contribution in [0.1, 0.15) is 46.5 Å². The van der Waals surface area contributed by atoms with Crippen molar-refractivity contribution in [1.29, 1.82) is 0 Å². The molecule has 0 amide bonds. The molecule has 0 radical (unpaired) electrons. The zero-order valence-corrected chi connectivity index (χ0v) is 16.6. The van der Waals surface area contributed by atoms with E-state index in [2.05, 4.69) is 26.5 Å². The fourth-order valence-corrected chi connectivity index (χ4v) is 7.14. The van der Waals surface area contributed by atoms with Crippen LogP contribution in [0.3, 0.4) is 0 Å². The van der Waals surface area contributed by atoms with Crippen LogP contribution in [0.5, 0.6) is 0 Å². The van der Waals surface area contributed by atoms with Gasteiger partial charge in [0.1, 0.15) is 0 Å². The Morgan fingerprint density at radius 3 is 2.73 bits per heavy atom. The van der Waals surface area contributed by atoms with E-state index >= 15 is 0 Å². The third-order valence-electron chi connectivity index (χ3n) is 7.60. The molecule has 4 aliphatic rings. The van der Waals surface area contributed by atoms with Crippen molar-refractivity contribution in [3.8, 4) is 0 Å². The molecule has 0 unspecified atom stereocenters. The summed E-state index contributed by atoms with van der Waals surface area (Å²) in [5.41, 5.74) is 1.31. The number of rotatable bonds is 2. The van der Waals surface area contributed by atoms with Crippen LogP contribution in [0, 0.1) is 28.6 Å². The Labute approximate surface area is 159 Å². The Kier molecular flexibility index (Phi) is 4.15. The van der Waals surface area contributed by atoms with Gasteiger partial charge in [0.05, 0.1) is 4.91 Å². The number of fused-ring (bicyclic) bond motifs is 5. The van der Waals surface area contributed by atoms with Gasteiger partial charge in [0.25, 0.3) is 0 Å². The van der Waals surface area contributed by atoms with E-state index in [9.17, 15) is 14.0 Å². The van der Waals surface area contributed by atoms with E-state index in [0.717, 1.165) is 41.1 Å². The molecule has 140 valence electrons. The van der Waals surface area contributed by atoms with E-state index < -0.39 is 11.6 Å². The van der Waals surface area contributed by atoms with Crippen LogP contribution in [-0.4, -0.2) is 23.5 Å². The van der Waals surface area contributed by atoms with Crippen LogP contribution < -0.4 is 0 Å². The molecule has 0 aliphatic heterocycles. The first-order chi connectivity index (χ1) is 12.2. The van der Waals surface area contributed by atoms with Crippen molar-refractivity contribution in [3.05, 3.63) is 34.8 Å². The topological polar surface area (TPSA) is 34.1 Å². The van der Waals surface area contributed by atoms with Gasteiger partial charge in [-0.3, -0.25) is 9.59 Å². The second-order valence-electron chi connectivity index (χ2n) is 8.85. The number of thioether (sulfide) groups is 1. The molecule has 0 saturated heterocycles. The third-order valence-corrected chi connectivity index (χ3v) is 8.52. The van der Waals surface area contributed by atoms with Crippen molar-refractivity contribution < 1.29 is 14.0 Å². The van der Waals surface area contributed by atoms with Crippen LogP contribution in [0.15, 0.2) is 34.8 Å². The lowest BCUT2D eigenvalue weighted by Gasteiger charge is -2.56. The van der Waals surface area contributed by atoms with E-state index in [1.807, 2.05) is 6.92 Å². The Morgan fingerprint density at radius 1 is 1.31 bits per heavy atom. The zero-order valence-electron chi connectivity index (χ0n) is 15.8. The molecule has 0 spiro atoms. The second kappa shape index (κ2) is 5.92. The maximum absolute atomic E-state index is 14.3. The fourth-order valence-electron chi connectivity index (χ4n) is 6.30. The van der Waals surface area contributed by atoms with Crippen LogP contribution in [0.4, 0.5) is 4.39 Å². The minimum absolute atomic E-state index is 0.0874. The van der Waals surface area contributed by atoms with E-state index in [4.69, 9.17) is 0 Å². The van der Waals surface area contributed by atoms with Crippen molar-refractivity contribution in [2.45, 2.75) is 52.6 Å². The molecule has 4 aliphatic carbocycles. The highest BCUT2D eigenvalue weighted by Crippen LogP contribution is 2.65. The SMILES string of the molecule is C=C1C[C@@H]2[C@H](CC[C@]3(C)C(=O)[C@H](F)C[C@@H]23)[C@@]2(C)C=C(SCC)C(=O)C=C12. The lowest BCUT2D eigenvalue weighted by Crippen LogP contribution is -2.50. The van der Waals surface area contributed by atoms with E-state index in [1.165, 1.54) is 0 Å². The van der Waals surface area contributed by atoms with Crippen molar-refractivity contribution in [2.24, 2.45) is 28.6 Å². The average Bonchev–Trinajstić information content (AvgIpc) is 2.81. The molecule has 4 rings (SSSR count). The minimum Gasteiger partial charge on any atom is -0.296 e. The largest absolute Gasteiger partial charge is 0.296 e. The smallest absolute Gasteiger partial charge is 0.192 e. The predicted molar refractivity (Wildman–Crippen MR) is 104 cm³/mol. The average molecular weight is 375 g/mol. The Hall–Kier alpha value is -1.16. The van der Waals surface area contributed by atoms with Gasteiger partial charge in [-0.25, -0.2) is 4.39 Å². The number of allylic oxidation sites excluding steroid dienone is 5. The molecule has 0 aromatic heterocycles. The number of hydrogen-bond acceptors (Lipinski definition) is 3. The Bertz CT molecular complexity index is 766. The first-order valence-corrected chi connectivity index (χ1v) is 10.7. The molecule has 3 fully saturated rings. The van der Waals surface area contributed by atoms with Gasteiger partial charge in [0.15, 0.2) is 17.7 Å². The number of alkyl halides is 1. The highest BCUT2D eigenvalue weighted by Gasteiger charge is 2.62. The normalized spacial score (nSPS) is 44.8. The van der Waals surface area contributed by atoms with Crippen molar-refractivity contribution in [1.82, 2.24) is 0 Å². The van der Waals surface area contributed by atoms with Crippen molar-refractivity contribution >= 4 is 23.3 Å². The number of carbonyl (C=O) groups is 2. The summed E-state index contributed by atoms with van der Waals surface area (Å²) in [6.07, 6.45) is 5.45. The standard InChI is InChI=1S/C22H27FO2S/c1-5-26-19-11-22(4)14-6-7-21(3)16(9-17(23)20(21)25)13(14)8-12(2)15(22)10-18(19)24/h10-11,13-14,16-17H,2,5-9H2,1,3-4H3/t13-,14+,16+,17-,21+,22-/m1/s1. The summed E-state index contributed by atoms with van der Waals surface area (Å²) >= 11 is 1.60. The van der Waals surface area contributed by atoms with Gasteiger partial charge >= 0.3 is 0 Å². The summed E-state index contributed by atoms with van der Waals surface area (Å²) in [7, 11) is 0. The molecular weight excluding hydrogens is 347 g/mol. The molecule has 0 heterocycles.